The molecule has 98 valence electrons. The smallest absolute Gasteiger partial charge is 0.225 e. The van der Waals surface area contributed by atoms with Crippen molar-refractivity contribution in [2.75, 3.05) is 12.8 Å². The van der Waals surface area contributed by atoms with Crippen LogP contribution in [0.1, 0.15) is 25.3 Å². The molecule has 1 aliphatic rings. The lowest BCUT2D eigenvalue weighted by molar-refractivity contribution is -0.134. The van der Waals surface area contributed by atoms with Gasteiger partial charge < -0.3 is 10.6 Å². The van der Waals surface area contributed by atoms with E-state index in [1.807, 2.05) is 20.0 Å². The number of nitrogens with two attached hydrogens (primary N) is 1. The minimum absolute atomic E-state index is 0.120. The Bertz CT molecular complexity index is 457. The van der Waals surface area contributed by atoms with Crippen LogP contribution >= 0.6 is 11.6 Å². The van der Waals surface area contributed by atoms with Crippen molar-refractivity contribution in [3.8, 4) is 0 Å². The van der Waals surface area contributed by atoms with Gasteiger partial charge in [-0.1, -0.05) is 18.5 Å². The van der Waals surface area contributed by atoms with Gasteiger partial charge in [0.2, 0.25) is 5.91 Å². The summed E-state index contributed by atoms with van der Waals surface area (Å²) in [6.07, 6.45) is 2.36. The minimum Gasteiger partial charge on any atom is -0.399 e. The first kappa shape index (κ1) is 13.2. The second-order valence-electron chi connectivity index (χ2n) is 5.17. The second kappa shape index (κ2) is 5.19. The maximum absolute atomic E-state index is 12.2. The molecule has 1 fully saturated rings. The van der Waals surface area contributed by atoms with E-state index in [2.05, 4.69) is 0 Å². The van der Waals surface area contributed by atoms with E-state index in [0.717, 1.165) is 5.56 Å². The van der Waals surface area contributed by atoms with Gasteiger partial charge in [-0.2, -0.15) is 0 Å². The van der Waals surface area contributed by atoms with E-state index in [9.17, 15) is 4.79 Å². The normalized spacial score (nSPS) is 16.4. The largest absolute Gasteiger partial charge is 0.399 e. The summed E-state index contributed by atoms with van der Waals surface area (Å²) < 4.78 is 0. The van der Waals surface area contributed by atoms with E-state index < -0.39 is 0 Å². The predicted octanol–water partition coefficient (Wildman–Crippen LogP) is 2.93. The third kappa shape index (κ3) is 2.96. The standard InChI is InChI=1S/C14H19ClN2O/c1-9(10-3-4-10)14(18)17(2)8-11-7-12(16)5-6-13(11)15/h5-7,9-10H,3-4,8,16H2,1-2H3. The van der Waals surface area contributed by atoms with Crippen LogP contribution in [0.3, 0.4) is 0 Å². The van der Waals surface area contributed by atoms with Crippen molar-refractivity contribution >= 4 is 23.2 Å². The number of halogens is 1. The summed E-state index contributed by atoms with van der Waals surface area (Å²) in [6, 6.07) is 5.36. The highest BCUT2D eigenvalue weighted by Crippen LogP contribution is 2.37. The Morgan fingerprint density at radius 1 is 1.56 bits per heavy atom. The monoisotopic (exact) mass is 266 g/mol. The Labute approximate surface area is 113 Å². The Balaban J connectivity index is 2.03. The summed E-state index contributed by atoms with van der Waals surface area (Å²) >= 11 is 6.11. The lowest BCUT2D eigenvalue weighted by Crippen LogP contribution is -2.32. The van der Waals surface area contributed by atoms with E-state index in [1.165, 1.54) is 12.8 Å². The number of carbonyl (C=O) groups is 1. The summed E-state index contributed by atoms with van der Waals surface area (Å²) in [5.74, 6) is 0.891. The van der Waals surface area contributed by atoms with Crippen LogP contribution in [0.2, 0.25) is 5.02 Å². The maximum atomic E-state index is 12.2. The summed E-state index contributed by atoms with van der Waals surface area (Å²) in [6.45, 7) is 2.53. The molecule has 0 heterocycles. The maximum Gasteiger partial charge on any atom is 0.225 e. The van der Waals surface area contributed by atoms with E-state index in [-0.39, 0.29) is 11.8 Å². The lowest BCUT2D eigenvalue weighted by Gasteiger charge is -2.22. The molecule has 1 aromatic rings. The molecule has 4 heteroatoms. The first-order valence-corrected chi connectivity index (χ1v) is 6.65. The molecule has 1 atom stereocenters. The van der Waals surface area contributed by atoms with Crippen molar-refractivity contribution in [1.29, 1.82) is 0 Å². The fourth-order valence-electron chi connectivity index (χ4n) is 2.19. The number of benzene rings is 1. The summed E-state index contributed by atoms with van der Waals surface area (Å²) in [5, 5.41) is 0.655. The van der Waals surface area contributed by atoms with Gasteiger partial charge in [-0.3, -0.25) is 4.79 Å². The fourth-order valence-corrected chi connectivity index (χ4v) is 2.37. The van der Waals surface area contributed by atoms with Gasteiger partial charge in [-0.05, 0) is 42.5 Å². The topological polar surface area (TPSA) is 46.3 Å². The number of amides is 1. The molecule has 1 aliphatic carbocycles. The number of anilines is 1. The highest BCUT2D eigenvalue weighted by atomic mass is 35.5. The Hall–Kier alpha value is -1.22. The number of carbonyl (C=O) groups excluding carboxylic acids is 1. The number of nitrogens with zero attached hydrogens (tertiary/aromatic N) is 1. The van der Waals surface area contributed by atoms with Crippen LogP contribution in [-0.2, 0) is 11.3 Å². The first-order valence-electron chi connectivity index (χ1n) is 6.28. The molecule has 18 heavy (non-hydrogen) atoms. The van der Waals surface area contributed by atoms with Crippen molar-refractivity contribution in [1.82, 2.24) is 4.90 Å². The van der Waals surface area contributed by atoms with Gasteiger partial charge in [-0.15, -0.1) is 0 Å². The predicted molar refractivity (Wildman–Crippen MR) is 74.2 cm³/mol. The van der Waals surface area contributed by atoms with Crippen LogP contribution in [0.4, 0.5) is 5.69 Å². The molecule has 3 nitrogen and oxygen atoms in total. The SMILES string of the molecule is CC(C(=O)N(C)Cc1cc(N)ccc1Cl)C1CC1. The quantitative estimate of drug-likeness (QED) is 0.852. The fraction of sp³-hybridized carbons (Fsp3) is 0.500. The number of rotatable bonds is 4. The van der Waals surface area contributed by atoms with Gasteiger partial charge in [0.05, 0.1) is 0 Å². The van der Waals surface area contributed by atoms with E-state index in [0.29, 0.717) is 23.2 Å². The number of hydrogen-bond donors (Lipinski definition) is 1. The minimum atomic E-state index is 0.120. The molecular formula is C14H19ClN2O. The molecule has 1 amide bonds. The molecule has 0 radical (unpaired) electrons. The van der Waals surface area contributed by atoms with Gasteiger partial charge in [-0.25, -0.2) is 0 Å². The summed E-state index contributed by atoms with van der Waals surface area (Å²) in [5.41, 5.74) is 7.31. The zero-order valence-corrected chi connectivity index (χ0v) is 11.6. The van der Waals surface area contributed by atoms with Gasteiger partial charge in [0.1, 0.15) is 0 Å². The van der Waals surface area contributed by atoms with Crippen molar-refractivity contribution in [2.45, 2.75) is 26.3 Å². The van der Waals surface area contributed by atoms with Crippen molar-refractivity contribution < 1.29 is 4.79 Å². The number of hydrogen-bond acceptors (Lipinski definition) is 2. The molecule has 0 spiro atoms. The highest BCUT2D eigenvalue weighted by molar-refractivity contribution is 6.31. The van der Waals surface area contributed by atoms with E-state index >= 15 is 0 Å². The Kier molecular flexibility index (Phi) is 3.81. The van der Waals surface area contributed by atoms with Gasteiger partial charge in [0.25, 0.3) is 0 Å². The average Bonchev–Trinajstić information content (AvgIpc) is 3.16. The molecule has 1 unspecified atom stereocenters. The molecule has 0 aliphatic heterocycles. The Morgan fingerprint density at radius 2 is 2.22 bits per heavy atom. The molecule has 0 aromatic heterocycles. The lowest BCUT2D eigenvalue weighted by atomic mass is 10.0. The van der Waals surface area contributed by atoms with Crippen LogP contribution in [0.15, 0.2) is 18.2 Å². The molecule has 2 rings (SSSR count). The third-order valence-corrected chi connectivity index (χ3v) is 3.94. The Morgan fingerprint density at radius 3 is 2.83 bits per heavy atom. The van der Waals surface area contributed by atoms with Crippen LogP contribution in [0, 0.1) is 11.8 Å². The molecule has 0 saturated heterocycles. The van der Waals surface area contributed by atoms with Gasteiger partial charge in [0, 0.05) is 30.2 Å². The highest BCUT2D eigenvalue weighted by Gasteiger charge is 2.34. The molecule has 2 N–H and O–H groups in total. The average molecular weight is 267 g/mol. The third-order valence-electron chi connectivity index (χ3n) is 3.57. The summed E-state index contributed by atoms with van der Waals surface area (Å²) in [7, 11) is 1.82. The van der Waals surface area contributed by atoms with Crippen molar-refractivity contribution in [2.24, 2.45) is 11.8 Å². The van der Waals surface area contributed by atoms with Gasteiger partial charge in [0.15, 0.2) is 0 Å². The first-order chi connectivity index (χ1) is 8.49. The van der Waals surface area contributed by atoms with Crippen molar-refractivity contribution in [3.05, 3.63) is 28.8 Å². The second-order valence-corrected chi connectivity index (χ2v) is 5.58. The molecular weight excluding hydrogens is 248 g/mol. The van der Waals surface area contributed by atoms with Crippen LogP contribution in [0.5, 0.6) is 0 Å². The van der Waals surface area contributed by atoms with E-state index in [4.69, 9.17) is 17.3 Å². The zero-order chi connectivity index (χ0) is 13.3. The van der Waals surface area contributed by atoms with Crippen molar-refractivity contribution in [3.63, 3.8) is 0 Å². The summed E-state index contributed by atoms with van der Waals surface area (Å²) in [4.78, 5) is 13.9. The van der Waals surface area contributed by atoms with Crippen LogP contribution in [0.25, 0.3) is 0 Å². The number of nitrogen functional groups attached to an aromatic ring is 1. The molecule has 0 bridgehead atoms. The zero-order valence-electron chi connectivity index (χ0n) is 10.8. The molecule has 1 saturated carbocycles. The van der Waals surface area contributed by atoms with E-state index in [1.54, 1.807) is 17.0 Å². The van der Waals surface area contributed by atoms with Crippen LogP contribution < -0.4 is 5.73 Å². The van der Waals surface area contributed by atoms with Gasteiger partial charge >= 0.3 is 0 Å². The van der Waals surface area contributed by atoms with Crippen LogP contribution in [-0.4, -0.2) is 17.9 Å². The molecule has 1 aromatic carbocycles.